The first-order valence-electron chi connectivity index (χ1n) is 4.60. The minimum absolute atomic E-state index is 0.173. The van der Waals surface area contributed by atoms with Crippen LogP contribution in [0.1, 0.15) is 32.1 Å². The second-order valence-electron chi connectivity index (χ2n) is 3.89. The fraction of sp³-hybridized carbons (Fsp3) is 0.889. The zero-order valence-corrected chi connectivity index (χ0v) is 7.17. The van der Waals surface area contributed by atoms with E-state index in [-0.39, 0.29) is 5.41 Å². The SMILES string of the molecule is O=C1OCC2(CCCCC2)CO1. The smallest absolute Gasteiger partial charge is 0.434 e. The summed E-state index contributed by atoms with van der Waals surface area (Å²) in [4.78, 5) is 10.6. The first-order valence-corrected chi connectivity index (χ1v) is 4.60. The van der Waals surface area contributed by atoms with Crippen molar-refractivity contribution in [2.45, 2.75) is 32.1 Å². The average Bonchev–Trinajstić information content (AvgIpc) is 2.13. The Labute approximate surface area is 72.0 Å². The topological polar surface area (TPSA) is 35.5 Å². The highest BCUT2D eigenvalue weighted by molar-refractivity contribution is 5.60. The highest BCUT2D eigenvalue weighted by Gasteiger charge is 2.38. The summed E-state index contributed by atoms with van der Waals surface area (Å²) in [7, 11) is 0. The Morgan fingerprint density at radius 1 is 1.00 bits per heavy atom. The summed E-state index contributed by atoms with van der Waals surface area (Å²) in [6.07, 6.45) is 5.63. The van der Waals surface area contributed by atoms with Crippen molar-refractivity contribution in [2.24, 2.45) is 5.41 Å². The standard InChI is InChI=1S/C9H14O3/c10-8-11-6-9(7-12-8)4-2-1-3-5-9/h1-7H2. The van der Waals surface area contributed by atoms with Crippen molar-refractivity contribution in [3.05, 3.63) is 0 Å². The Balaban J connectivity index is 1.96. The lowest BCUT2D eigenvalue weighted by molar-refractivity contribution is -0.0741. The molecule has 0 radical (unpaired) electrons. The Bertz CT molecular complexity index is 170. The number of rotatable bonds is 0. The Kier molecular flexibility index (Phi) is 1.95. The van der Waals surface area contributed by atoms with E-state index in [4.69, 9.17) is 9.47 Å². The molecule has 0 atom stereocenters. The molecule has 0 aromatic rings. The molecule has 0 bridgehead atoms. The second-order valence-corrected chi connectivity index (χ2v) is 3.89. The maximum absolute atomic E-state index is 10.6. The molecule has 2 fully saturated rings. The minimum Gasteiger partial charge on any atom is -0.434 e. The van der Waals surface area contributed by atoms with Crippen LogP contribution in [0.2, 0.25) is 0 Å². The predicted molar refractivity (Wildman–Crippen MR) is 42.8 cm³/mol. The van der Waals surface area contributed by atoms with Gasteiger partial charge in [0.05, 0.1) is 0 Å². The van der Waals surface area contributed by atoms with Gasteiger partial charge in [0.2, 0.25) is 0 Å². The molecule has 2 rings (SSSR count). The predicted octanol–water partition coefficient (Wildman–Crippen LogP) is 2.10. The summed E-state index contributed by atoms with van der Waals surface area (Å²) >= 11 is 0. The Hall–Kier alpha value is -0.730. The lowest BCUT2D eigenvalue weighted by Gasteiger charge is -2.38. The molecule has 1 saturated carbocycles. The molecule has 1 aliphatic carbocycles. The number of ether oxygens (including phenoxy) is 2. The minimum atomic E-state index is -0.494. The van der Waals surface area contributed by atoms with E-state index in [1.807, 2.05) is 0 Å². The number of carbonyl (C=O) groups is 1. The molecule has 0 N–H and O–H groups in total. The zero-order valence-electron chi connectivity index (χ0n) is 7.17. The summed E-state index contributed by atoms with van der Waals surface area (Å²) in [6, 6.07) is 0. The molecule has 0 aromatic heterocycles. The molecule has 68 valence electrons. The number of hydrogen-bond acceptors (Lipinski definition) is 3. The fourth-order valence-electron chi connectivity index (χ4n) is 2.10. The van der Waals surface area contributed by atoms with E-state index in [1.165, 1.54) is 19.3 Å². The second kappa shape index (κ2) is 2.96. The van der Waals surface area contributed by atoms with Gasteiger partial charge in [-0.1, -0.05) is 19.3 Å². The molecule has 1 spiro atoms. The molecular weight excluding hydrogens is 156 g/mol. The molecule has 0 aromatic carbocycles. The van der Waals surface area contributed by atoms with Crippen LogP contribution in [-0.4, -0.2) is 19.4 Å². The van der Waals surface area contributed by atoms with Crippen molar-refractivity contribution in [3.8, 4) is 0 Å². The van der Waals surface area contributed by atoms with Crippen LogP contribution in [-0.2, 0) is 9.47 Å². The van der Waals surface area contributed by atoms with Crippen LogP contribution in [0, 0.1) is 5.41 Å². The van der Waals surface area contributed by atoms with Crippen LogP contribution in [0.5, 0.6) is 0 Å². The van der Waals surface area contributed by atoms with Crippen LogP contribution in [0.3, 0.4) is 0 Å². The van der Waals surface area contributed by atoms with Gasteiger partial charge >= 0.3 is 6.16 Å². The monoisotopic (exact) mass is 170 g/mol. The highest BCUT2D eigenvalue weighted by Crippen LogP contribution is 2.38. The van der Waals surface area contributed by atoms with Gasteiger partial charge < -0.3 is 9.47 Å². The number of carbonyl (C=O) groups excluding carboxylic acids is 1. The van der Waals surface area contributed by atoms with E-state index in [9.17, 15) is 4.79 Å². The van der Waals surface area contributed by atoms with Gasteiger partial charge in [-0.15, -0.1) is 0 Å². The third-order valence-corrected chi connectivity index (χ3v) is 2.91. The molecule has 12 heavy (non-hydrogen) atoms. The maximum atomic E-state index is 10.6. The van der Waals surface area contributed by atoms with E-state index in [1.54, 1.807) is 0 Å². The van der Waals surface area contributed by atoms with Crippen molar-refractivity contribution in [2.75, 3.05) is 13.2 Å². The molecule has 1 aliphatic heterocycles. The van der Waals surface area contributed by atoms with Crippen molar-refractivity contribution in [3.63, 3.8) is 0 Å². The molecule has 0 unspecified atom stereocenters. The highest BCUT2D eigenvalue weighted by atomic mass is 16.7. The van der Waals surface area contributed by atoms with Crippen molar-refractivity contribution in [1.82, 2.24) is 0 Å². The third kappa shape index (κ3) is 1.40. The van der Waals surface area contributed by atoms with E-state index in [0.29, 0.717) is 13.2 Å². The normalized spacial score (nSPS) is 27.8. The van der Waals surface area contributed by atoms with E-state index < -0.39 is 6.16 Å². The summed E-state index contributed by atoms with van der Waals surface area (Å²) in [5, 5.41) is 0. The van der Waals surface area contributed by atoms with Gasteiger partial charge in [-0.3, -0.25) is 0 Å². The molecular formula is C9H14O3. The van der Waals surface area contributed by atoms with Gasteiger partial charge in [-0.05, 0) is 12.8 Å². The summed E-state index contributed by atoms with van der Waals surface area (Å²) < 4.78 is 9.82. The van der Waals surface area contributed by atoms with Gasteiger partial charge in [0.15, 0.2) is 0 Å². The molecule has 1 saturated heterocycles. The quantitative estimate of drug-likeness (QED) is 0.522. The lowest BCUT2D eigenvalue weighted by atomic mass is 9.75. The summed E-state index contributed by atoms with van der Waals surface area (Å²) in [6.45, 7) is 1.15. The van der Waals surface area contributed by atoms with Gasteiger partial charge in [0, 0.05) is 5.41 Å². The first kappa shape index (κ1) is 7.90. The number of cyclic esters (lactones) is 2. The first-order chi connectivity index (χ1) is 5.81. The summed E-state index contributed by atoms with van der Waals surface area (Å²) in [5.41, 5.74) is 0.173. The lowest BCUT2D eigenvalue weighted by Crippen LogP contribution is -2.40. The van der Waals surface area contributed by atoms with Crippen molar-refractivity contribution in [1.29, 1.82) is 0 Å². The van der Waals surface area contributed by atoms with Crippen LogP contribution in [0.15, 0.2) is 0 Å². The Morgan fingerprint density at radius 2 is 1.58 bits per heavy atom. The van der Waals surface area contributed by atoms with E-state index in [2.05, 4.69) is 0 Å². The largest absolute Gasteiger partial charge is 0.508 e. The van der Waals surface area contributed by atoms with Crippen molar-refractivity contribution >= 4 is 6.16 Å². The maximum Gasteiger partial charge on any atom is 0.508 e. The molecule has 2 aliphatic rings. The van der Waals surface area contributed by atoms with Gasteiger partial charge in [0.1, 0.15) is 13.2 Å². The molecule has 3 heteroatoms. The molecule has 1 heterocycles. The third-order valence-electron chi connectivity index (χ3n) is 2.91. The van der Waals surface area contributed by atoms with Gasteiger partial charge in [-0.25, -0.2) is 4.79 Å². The Morgan fingerprint density at radius 3 is 2.17 bits per heavy atom. The van der Waals surface area contributed by atoms with Crippen LogP contribution in [0.25, 0.3) is 0 Å². The van der Waals surface area contributed by atoms with E-state index >= 15 is 0 Å². The van der Waals surface area contributed by atoms with Crippen LogP contribution >= 0.6 is 0 Å². The molecule has 3 nitrogen and oxygen atoms in total. The fourth-order valence-corrected chi connectivity index (χ4v) is 2.10. The van der Waals surface area contributed by atoms with E-state index in [0.717, 1.165) is 12.8 Å². The van der Waals surface area contributed by atoms with Gasteiger partial charge in [-0.2, -0.15) is 0 Å². The van der Waals surface area contributed by atoms with Crippen LogP contribution < -0.4 is 0 Å². The molecule has 0 amide bonds. The van der Waals surface area contributed by atoms with Crippen molar-refractivity contribution < 1.29 is 14.3 Å². The number of hydrogen-bond donors (Lipinski definition) is 0. The average molecular weight is 170 g/mol. The summed E-state index contributed by atoms with van der Waals surface area (Å²) in [5.74, 6) is 0. The van der Waals surface area contributed by atoms with Gasteiger partial charge in [0.25, 0.3) is 0 Å². The zero-order chi connectivity index (χ0) is 8.44. The van der Waals surface area contributed by atoms with Crippen LogP contribution in [0.4, 0.5) is 4.79 Å².